The van der Waals surface area contributed by atoms with Gasteiger partial charge < -0.3 is 10.6 Å². The fraction of sp³-hybridized carbons (Fsp3) is 0.600. The second-order valence-corrected chi connectivity index (χ2v) is 3.39. The third-order valence-electron chi connectivity index (χ3n) is 2.17. The molecule has 2 amide bonds. The summed E-state index contributed by atoms with van der Waals surface area (Å²) in [5, 5.41) is 8.30. The molecule has 3 N–H and O–H groups in total. The number of nitrogens with one attached hydrogen (secondary N) is 3. The average molecular weight is 211 g/mol. The average Bonchev–Trinajstić information content (AvgIpc) is 2.25. The maximum atomic E-state index is 11.5. The van der Waals surface area contributed by atoms with E-state index >= 15 is 0 Å². The molecule has 1 rings (SSSR count). The molecule has 1 unspecified atom stereocenters. The summed E-state index contributed by atoms with van der Waals surface area (Å²) < 4.78 is 0. The Morgan fingerprint density at radius 3 is 3.07 bits per heavy atom. The van der Waals surface area contributed by atoms with Crippen molar-refractivity contribution in [1.29, 1.82) is 0 Å². The maximum absolute atomic E-state index is 11.5. The second-order valence-electron chi connectivity index (χ2n) is 3.39. The number of allylic oxidation sites excluding steroid dienone is 1. The van der Waals surface area contributed by atoms with Gasteiger partial charge in [0.05, 0.1) is 6.54 Å². The minimum Gasteiger partial charge on any atom is -0.354 e. The predicted molar refractivity (Wildman–Crippen MR) is 57.2 cm³/mol. The molecule has 1 aliphatic heterocycles. The van der Waals surface area contributed by atoms with E-state index in [4.69, 9.17) is 0 Å². The first-order valence-corrected chi connectivity index (χ1v) is 5.13. The molecular formula is C10H17N3O2. The number of piperazine rings is 1. The van der Waals surface area contributed by atoms with E-state index in [0.717, 1.165) is 6.42 Å². The molecule has 0 aromatic heterocycles. The molecule has 1 saturated heterocycles. The monoisotopic (exact) mass is 211 g/mol. The van der Waals surface area contributed by atoms with Gasteiger partial charge in [0.1, 0.15) is 6.04 Å². The summed E-state index contributed by atoms with van der Waals surface area (Å²) >= 11 is 0. The van der Waals surface area contributed by atoms with E-state index in [1.54, 1.807) is 0 Å². The van der Waals surface area contributed by atoms with E-state index in [9.17, 15) is 9.59 Å². The molecule has 0 aliphatic carbocycles. The third kappa shape index (κ3) is 4.12. The Balaban J connectivity index is 2.19. The molecule has 1 fully saturated rings. The lowest BCUT2D eigenvalue weighted by Crippen LogP contribution is -2.58. The van der Waals surface area contributed by atoms with Gasteiger partial charge in [0.25, 0.3) is 0 Å². The van der Waals surface area contributed by atoms with Crippen molar-refractivity contribution in [2.75, 3.05) is 19.6 Å². The fourth-order valence-electron chi connectivity index (χ4n) is 1.32. The van der Waals surface area contributed by atoms with Crippen molar-refractivity contribution in [3.63, 3.8) is 0 Å². The van der Waals surface area contributed by atoms with Crippen molar-refractivity contribution >= 4 is 11.8 Å². The molecule has 5 nitrogen and oxygen atoms in total. The number of hydrogen-bond acceptors (Lipinski definition) is 3. The zero-order valence-corrected chi connectivity index (χ0v) is 8.88. The second kappa shape index (κ2) is 6.19. The van der Waals surface area contributed by atoms with Gasteiger partial charge in [-0.15, -0.1) is 0 Å². The molecule has 0 radical (unpaired) electrons. The highest BCUT2D eigenvalue weighted by Crippen LogP contribution is 1.89. The van der Waals surface area contributed by atoms with E-state index in [1.165, 1.54) is 0 Å². The smallest absolute Gasteiger partial charge is 0.238 e. The Morgan fingerprint density at radius 2 is 2.47 bits per heavy atom. The summed E-state index contributed by atoms with van der Waals surface area (Å²) in [6.45, 7) is 3.16. The number of carbonyl (C=O) groups is 2. The van der Waals surface area contributed by atoms with Gasteiger partial charge in [-0.25, -0.2) is 0 Å². The predicted octanol–water partition coefficient (Wildman–Crippen LogP) is -0.843. The molecule has 0 aromatic rings. The summed E-state index contributed by atoms with van der Waals surface area (Å²) in [6, 6.07) is -0.298. The van der Waals surface area contributed by atoms with Crippen molar-refractivity contribution < 1.29 is 9.59 Å². The minimum absolute atomic E-state index is 0.0560. The SMILES string of the molecule is C/C=C/CCNC(=O)C1CNC(=O)CN1. The van der Waals surface area contributed by atoms with Gasteiger partial charge in [-0.2, -0.15) is 0 Å². The highest BCUT2D eigenvalue weighted by Gasteiger charge is 2.22. The number of amides is 2. The van der Waals surface area contributed by atoms with Gasteiger partial charge in [-0.1, -0.05) is 12.2 Å². The van der Waals surface area contributed by atoms with Crippen molar-refractivity contribution in [2.45, 2.75) is 19.4 Å². The summed E-state index contributed by atoms with van der Waals surface area (Å²) in [5.74, 6) is -0.118. The van der Waals surface area contributed by atoms with Gasteiger partial charge >= 0.3 is 0 Å². The first kappa shape index (κ1) is 11.7. The lowest BCUT2D eigenvalue weighted by molar-refractivity contribution is -0.126. The van der Waals surface area contributed by atoms with Gasteiger partial charge in [-0.3, -0.25) is 14.9 Å². The molecule has 1 atom stereocenters. The molecule has 0 spiro atoms. The van der Waals surface area contributed by atoms with Crippen LogP contribution in [0.2, 0.25) is 0 Å². The zero-order chi connectivity index (χ0) is 11.1. The number of hydrogen-bond donors (Lipinski definition) is 3. The fourth-order valence-corrected chi connectivity index (χ4v) is 1.32. The van der Waals surface area contributed by atoms with Gasteiger partial charge in [-0.05, 0) is 13.3 Å². The van der Waals surface area contributed by atoms with Crippen molar-refractivity contribution in [3.8, 4) is 0 Å². The zero-order valence-electron chi connectivity index (χ0n) is 8.88. The lowest BCUT2D eigenvalue weighted by Gasteiger charge is -2.22. The highest BCUT2D eigenvalue weighted by molar-refractivity contribution is 5.86. The molecule has 0 bridgehead atoms. The van der Waals surface area contributed by atoms with E-state index < -0.39 is 0 Å². The van der Waals surface area contributed by atoms with Crippen LogP contribution in [-0.2, 0) is 9.59 Å². The van der Waals surface area contributed by atoms with Gasteiger partial charge in [0.15, 0.2) is 0 Å². The Kier molecular flexibility index (Phi) is 4.83. The molecule has 84 valence electrons. The van der Waals surface area contributed by atoms with Crippen LogP contribution in [-0.4, -0.2) is 37.5 Å². The quantitative estimate of drug-likeness (QED) is 0.419. The molecule has 0 aromatic carbocycles. The van der Waals surface area contributed by atoms with Crippen LogP contribution in [0.25, 0.3) is 0 Å². The number of carbonyl (C=O) groups excluding carboxylic acids is 2. The summed E-state index contributed by atoms with van der Waals surface area (Å²) in [6.07, 6.45) is 4.78. The van der Waals surface area contributed by atoms with Crippen LogP contribution in [0.15, 0.2) is 12.2 Å². The number of rotatable bonds is 4. The van der Waals surface area contributed by atoms with Crippen LogP contribution < -0.4 is 16.0 Å². The minimum atomic E-state index is -0.298. The molecular weight excluding hydrogens is 194 g/mol. The van der Waals surface area contributed by atoms with E-state index in [-0.39, 0.29) is 24.4 Å². The lowest BCUT2D eigenvalue weighted by atomic mass is 10.2. The van der Waals surface area contributed by atoms with E-state index in [2.05, 4.69) is 16.0 Å². The normalized spacial score (nSPS) is 21.4. The Morgan fingerprint density at radius 1 is 1.67 bits per heavy atom. The topological polar surface area (TPSA) is 70.2 Å². The first-order chi connectivity index (χ1) is 7.24. The highest BCUT2D eigenvalue weighted by atomic mass is 16.2. The standard InChI is InChI=1S/C10H17N3O2/c1-2-3-4-5-11-10(15)8-6-13-9(14)7-12-8/h2-3,8,12H,4-7H2,1H3,(H,11,15)(H,13,14)/b3-2+. The Bertz CT molecular complexity index is 253. The van der Waals surface area contributed by atoms with Crippen LogP contribution >= 0.6 is 0 Å². The van der Waals surface area contributed by atoms with Crippen LogP contribution in [0.4, 0.5) is 0 Å². The molecule has 1 heterocycles. The summed E-state index contributed by atoms with van der Waals surface area (Å²) in [7, 11) is 0. The van der Waals surface area contributed by atoms with Gasteiger partial charge in [0.2, 0.25) is 11.8 Å². The Labute approximate surface area is 89.3 Å². The largest absolute Gasteiger partial charge is 0.354 e. The molecule has 1 aliphatic rings. The van der Waals surface area contributed by atoms with Crippen LogP contribution in [0.1, 0.15) is 13.3 Å². The maximum Gasteiger partial charge on any atom is 0.238 e. The van der Waals surface area contributed by atoms with Crippen LogP contribution in [0.5, 0.6) is 0 Å². The van der Waals surface area contributed by atoms with E-state index in [1.807, 2.05) is 19.1 Å². The summed E-state index contributed by atoms with van der Waals surface area (Å²) in [4.78, 5) is 22.3. The van der Waals surface area contributed by atoms with Crippen molar-refractivity contribution in [2.24, 2.45) is 0 Å². The van der Waals surface area contributed by atoms with Crippen LogP contribution in [0.3, 0.4) is 0 Å². The molecule has 15 heavy (non-hydrogen) atoms. The molecule has 5 heteroatoms. The molecule has 0 saturated carbocycles. The summed E-state index contributed by atoms with van der Waals surface area (Å²) in [5.41, 5.74) is 0. The van der Waals surface area contributed by atoms with Crippen molar-refractivity contribution in [1.82, 2.24) is 16.0 Å². The third-order valence-corrected chi connectivity index (χ3v) is 2.17. The van der Waals surface area contributed by atoms with E-state index in [0.29, 0.717) is 13.1 Å². The van der Waals surface area contributed by atoms with Gasteiger partial charge in [0, 0.05) is 13.1 Å². The van der Waals surface area contributed by atoms with Crippen molar-refractivity contribution in [3.05, 3.63) is 12.2 Å². The Hall–Kier alpha value is -1.36. The van der Waals surface area contributed by atoms with Crippen LogP contribution in [0, 0.1) is 0 Å². The first-order valence-electron chi connectivity index (χ1n) is 5.13.